The molecule has 1 aliphatic heterocycles. The second kappa shape index (κ2) is 3.25. The summed E-state index contributed by atoms with van der Waals surface area (Å²) in [6.45, 7) is 0.667. The Morgan fingerprint density at radius 3 is 2.58 bits per heavy atom. The molecular weight excluding hydrogens is 152 g/mol. The fourth-order valence-electron chi connectivity index (χ4n) is 1.54. The first-order valence-electron chi connectivity index (χ1n) is 4.22. The summed E-state index contributed by atoms with van der Waals surface area (Å²) in [6.07, 6.45) is 0.318. The molecule has 1 fully saturated rings. The van der Waals surface area contributed by atoms with Crippen molar-refractivity contribution >= 4 is 0 Å². The van der Waals surface area contributed by atoms with Crippen molar-refractivity contribution in [2.24, 2.45) is 0 Å². The lowest BCUT2D eigenvalue weighted by Gasteiger charge is -2.13. The highest BCUT2D eigenvalue weighted by molar-refractivity contribution is 5.19. The number of ether oxygens (including phenoxy) is 1. The smallest absolute Gasteiger partial charge is 0.108 e. The number of benzene rings is 1. The minimum absolute atomic E-state index is 0.105. The van der Waals surface area contributed by atoms with E-state index in [4.69, 9.17) is 4.74 Å². The lowest BCUT2D eigenvalue weighted by Crippen LogP contribution is -2.11. The maximum absolute atomic E-state index is 9.52. The van der Waals surface area contributed by atoms with Gasteiger partial charge in [-0.05, 0) is 12.0 Å². The van der Waals surface area contributed by atoms with Crippen LogP contribution in [0.3, 0.4) is 0 Å². The molecular formula is C10H12O2. The number of hydrogen-bond donors (Lipinski definition) is 1. The Labute approximate surface area is 71.8 Å². The van der Waals surface area contributed by atoms with E-state index < -0.39 is 0 Å². The molecule has 12 heavy (non-hydrogen) atoms. The molecule has 1 aromatic rings. The van der Waals surface area contributed by atoms with E-state index in [9.17, 15) is 5.11 Å². The van der Waals surface area contributed by atoms with Crippen LogP contribution in [-0.2, 0) is 4.74 Å². The van der Waals surface area contributed by atoms with Crippen LogP contribution in [0.15, 0.2) is 30.3 Å². The SMILES string of the molecule is O[C@H]1CCO[C@@H]1c1ccccc1. The summed E-state index contributed by atoms with van der Waals surface area (Å²) in [5.41, 5.74) is 1.07. The lowest BCUT2D eigenvalue weighted by molar-refractivity contribution is 0.0418. The Bertz CT molecular complexity index is 245. The molecule has 64 valence electrons. The molecule has 0 bridgehead atoms. The summed E-state index contributed by atoms with van der Waals surface area (Å²) in [6, 6.07) is 9.86. The predicted molar refractivity (Wildman–Crippen MR) is 45.8 cm³/mol. The van der Waals surface area contributed by atoms with E-state index in [-0.39, 0.29) is 12.2 Å². The van der Waals surface area contributed by atoms with E-state index >= 15 is 0 Å². The third-order valence-corrected chi connectivity index (χ3v) is 2.19. The molecule has 2 heteroatoms. The lowest BCUT2D eigenvalue weighted by atomic mass is 10.1. The van der Waals surface area contributed by atoms with Gasteiger partial charge in [-0.1, -0.05) is 30.3 Å². The summed E-state index contributed by atoms with van der Waals surface area (Å²) >= 11 is 0. The molecule has 0 aliphatic carbocycles. The first kappa shape index (κ1) is 7.77. The number of hydrogen-bond acceptors (Lipinski definition) is 2. The standard InChI is InChI=1S/C10H12O2/c11-9-6-7-12-10(9)8-4-2-1-3-5-8/h1-5,9-11H,6-7H2/t9-,10+/m0/s1. The maximum Gasteiger partial charge on any atom is 0.108 e. The zero-order valence-electron chi connectivity index (χ0n) is 6.81. The van der Waals surface area contributed by atoms with Gasteiger partial charge >= 0.3 is 0 Å². The van der Waals surface area contributed by atoms with Gasteiger partial charge < -0.3 is 9.84 Å². The van der Waals surface area contributed by atoms with E-state index in [0.717, 1.165) is 12.0 Å². The number of aliphatic hydroxyl groups is 1. The molecule has 2 nitrogen and oxygen atoms in total. The topological polar surface area (TPSA) is 29.5 Å². The van der Waals surface area contributed by atoms with Gasteiger partial charge in [-0.3, -0.25) is 0 Å². The number of aliphatic hydroxyl groups excluding tert-OH is 1. The second-order valence-corrected chi connectivity index (χ2v) is 3.06. The van der Waals surface area contributed by atoms with Crippen LogP contribution < -0.4 is 0 Å². The predicted octanol–water partition coefficient (Wildman–Crippen LogP) is 1.51. The van der Waals surface area contributed by atoms with Crippen LogP contribution in [0.25, 0.3) is 0 Å². The molecule has 0 amide bonds. The zero-order valence-corrected chi connectivity index (χ0v) is 6.81. The minimum Gasteiger partial charge on any atom is -0.390 e. The van der Waals surface area contributed by atoms with E-state index in [1.165, 1.54) is 0 Å². The van der Waals surface area contributed by atoms with Crippen LogP contribution >= 0.6 is 0 Å². The Balaban J connectivity index is 2.19. The van der Waals surface area contributed by atoms with Gasteiger partial charge in [0.25, 0.3) is 0 Å². The highest BCUT2D eigenvalue weighted by Gasteiger charge is 2.27. The summed E-state index contributed by atoms with van der Waals surface area (Å²) in [7, 11) is 0. The molecule has 1 aromatic carbocycles. The van der Waals surface area contributed by atoms with Gasteiger partial charge in [-0.15, -0.1) is 0 Å². The fourth-order valence-corrected chi connectivity index (χ4v) is 1.54. The first-order chi connectivity index (χ1) is 5.88. The summed E-state index contributed by atoms with van der Waals surface area (Å²) in [4.78, 5) is 0. The van der Waals surface area contributed by atoms with Crippen LogP contribution in [0.4, 0.5) is 0 Å². The van der Waals surface area contributed by atoms with Crippen LogP contribution in [-0.4, -0.2) is 17.8 Å². The molecule has 1 N–H and O–H groups in total. The molecule has 0 unspecified atom stereocenters. The van der Waals surface area contributed by atoms with Crippen molar-refractivity contribution in [3.05, 3.63) is 35.9 Å². The van der Waals surface area contributed by atoms with E-state index in [2.05, 4.69) is 0 Å². The fraction of sp³-hybridized carbons (Fsp3) is 0.400. The second-order valence-electron chi connectivity index (χ2n) is 3.06. The summed E-state index contributed by atoms with van der Waals surface area (Å²) in [5.74, 6) is 0. The maximum atomic E-state index is 9.52. The Morgan fingerprint density at radius 1 is 1.25 bits per heavy atom. The highest BCUT2D eigenvalue weighted by Crippen LogP contribution is 2.28. The summed E-state index contributed by atoms with van der Waals surface area (Å²) < 4.78 is 5.40. The first-order valence-corrected chi connectivity index (χ1v) is 4.22. The molecule has 1 heterocycles. The van der Waals surface area contributed by atoms with Crippen LogP contribution in [0, 0.1) is 0 Å². The molecule has 0 spiro atoms. The Kier molecular flexibility index (Phi) is 2.11. The Morgan fingerprint density at radius 2 is 2.00 bits per heavy atom. The van der Waals surface area contributed by atoms with Crippen molar-refractivity contribution in [2.75, 3.05) is 6.61 Å². The van der Waals surface area contributed by atoms with Gasteiger partial charge in [0.2, 0.25) is 0 Å². The van der Waals surface area contributed by atoms with E-state index in [1.54, 1.807) is 0 Å². The molecule has 1 saturated heterocycles. The van der Waals surface area contributed by atoms with Crippen molar-refractivity contribution in [2.45, 2.75) is 18.6 Å². The minimum atomic E-state index is -0.326. The highest BCUT2D eigenvalue weighted by atomic mass is 16.5. The third kappa shape index (κ3) is 1.36. The normalized spacial score (nSPS) is 29.1. The van der Waals surface area contributed by atoms with Gasteiger partial charge in [0.1, 0.15) is 6.10 Å². The van der Waals surface area contributed by atoms with Crippen molar-refractivity contribution in [1.82, 2.24) is 0 Å². The van der Waals surface area contributed by atoms with Crippen molar-refractivity contribution < 1.29 is 9.84 Å². The number of rotatable bonds is 1. The van der Waals surface area contributed by atoms with Crippen molar-refractivity contribution in [1.29, 1.82) is 0 Å². The molecule has 2 atom stereocenters. The molecule has 2 rings (SSSR count). The molecule has 0 saturated carbocycles. The van der Waals surface area contributed by atoms with Gasteiger partial charge in [0.15, 0.2) is 0 Å². The zero-order chi connectivity index (χ0) is 8.39. The van der Waals surface area contributed by atoms with Gasteiger partial charge in [0.05, 0.1) is 12.7 Å². The Hall–Kier alpha value is -0.860. The molecule has 0 aromatic heterocycles. The molecule has 1 aliphatic rings. The van der Waals surface area contributed by atoms with Crippen LogP contribution in [0.2, 0.25) is 0 Å². The van der Waals surface area contributed by atoms with Gasteiger partial charge in [-0.2, -0.15) is 0 Å². The quantitative estimate of drug-likeness (QED) is 0.681. The van der Waals surface area contributed by atoms with Crippen molar-refractivity contribution in [3.63, 3.8) is 0 Å². The van der Waals surface area contributed by atoms with Crippen molar-refractivity contribution in [3.8, 4) is 0 Å². The monoisotopic (exact) mass is 164 g/mol. The van der Waals surface area contributed by atoms with Gasteiger partial charge in [-0.25, -0.2) is 0 Å². The average molecular weight is 164 g/mol. The largest absolute Gasteiger partial charge is 0.390 e. The average Bonchev–Trinajstić information content (AvgIpc) is 2.53. The van der Waals surface area contributed by atoms with E-state index in [0.29, 0.717) is 6.61 Å². The van der Waals surface area contributed by atoms with E-state index in [1.807, 2.05) is 30.3 Å². The van der Waals surface area contributed by atoms with Crippen LogP contribution in [0.5, 0.6) is 0 Å². The third-order valence-electron chi connectivity index (χ3n) is 2.19. The molecule has 0 radical (unpaired) electrons. The van der Waals surface area contributed by atoms with Crippen LogP contribution in [0.1, 0.15) is 18.1 Å². The van der Waals surface area contributed by atoms with Gasteiger partial charge in [0, 0.05) is 0 Å². The summed E-state index contributed by atoms with van der Waals surface area (Å²) in [5, 5.41) is 9.52.